The molecule has 4 nitrogen and oxygen atoms in total. The summed E-state index contributed by atoms with van der Waals surface area (Å²) in [6, 6.07) is 6.98. The Balaban J connectivity index is 2.01. The number of hydrogen-bond acceptors (Lipinski definition) is 3. The molecule has 0 spiro atoms. The summed E-state index contributed by atoms with van der Waals surface area (Å²) in [5.41, 5.74) is 0.780. The van der Waals surface area contributed by atoms with E-state index < -0.39 is 10.0 Å². The van der Waals surface area contributed by atoms with Gasteiger partial charge in [0.25, 0.3) is 0 Å². The van der Waals surface area contributed by atoms with Crippen molar-refractivity contribution >= 4 is 21.6 Å². The van der Waals surface area contributed by atoms with Gasteiger partial charge < -0.3 is 4.90 Å². The van der Waals surface area contributed by atoms with Gasteiger partial charge in [0.15, 0.2) is 0 Å². The highest BCUT2D eigenvalue weighted by molar-refractivity contribution is 7.88. The third-order valence-corrected chi connectivity index (χ3v) is 5.54. The average Bonchev–Trinajstić information content (AvgIpc) is 2.41. The molecular weight excluding hydrogens is 284 g/mol. The zero-order chi connectivity index (χ0) is 13.9. The largest absolute Gasteiger partial charge is 0.301 e. The van der Waals surface area contributed by atoms with E-state index in [-0.39, 0.29) is 5.75 Å². The van der Waals surface area contributed by atoms with Crippen LogP contribution in [0, 0.1) is 0 Å². The SMILES string of the molecule is CCN1CCN(S(=O)(=O)Cc2ccc(Cl)cc2)CC1. The molecule has 106 valence electrons. The van der Waals surface area contributed by atoms with Gasteiger partial charge in [-0.1, -0.05) is 30.7 Å². The summed E-state index contributed by atoms with van der Waals surface area (Å²) in [5.74, 6) is 0.0519. The normalized spacial score (nSPS) is 18.6. The summed E-state index contributed by atoms with van der Waals surface area (Å²) in [6.07, 6.45) is 0. The second kappa shape index (κ2) is 6.22. The van der Waals surface area contributed by atoms with Crippen molar-refractivity contribution in [2.75, 3.05) is 32.7 Å². The molecule has 0 bridgehead atoms. The lowest BCUT2D eigenvalue weighted by molar-refractivity contribution is 0.196. The van der Waals surface area contributed by atoms with E-state index >= 15 is 0 Å². The third kappa shape index (κ3) is 3.92. The number of nitrogens with zero attached hydrogens (tertiary/aromatic N) is 2. The van der Waals surface area contributed by atoms with Gasteiger partial charge in [0, 0.05) is 31.2 Å². The minimum atomic E-state index is -3.22. The first-order valence-electron chi connectivity index (χ1n) is 6.46. The molecule has 0 N–H and O–H groups in total. The summed E-state index contributed by atoms with van der Waals surface area (Å²) in [7, 11) is -3.22. The molecule has 0 aliphatic carbocycles. The van der Waals surface area contributed by atoms with Crippen LogP contribution >= 0.6 is 11.6 Å². The van der Waals surface area contributed by atoms with E-state index in [0.29, 0.717) is 18.1 Å². The molecule has 0 atom stereocenters. The summed E-state index contributed by atoms with van der Waals surface area (Å²) in [4.78, 5) is 2.26. The van der Waals surface area contributed by atoms with E-state index in [1.54, 1.807) is 28.6 Å². The molecule has 1 aromatic rings. The van der Waals surface area contributed by atoms with Crippen LogP contribution in [0.1, 0.15) is 12.5 Å². The fourth-order valence-electron chi connectivity index (χ4n) is 2.21. The van der Waals surface area contributed by atoms with Crippen LogP contribution in [0.15, 0.2) is 24.3 Å². The molecular formula is C13H19ClN2O2S. The van der Waals surface area contributed by atoms with E-state index in [2.05, 4.69) is 11.8 Å². The number of rotatable bonds is 4. The van der Waals surface area contributed by atoms with Gasteiger partial charge in [-0.25, -0.2) is 8.42 Å². The van der Waals surface area contributed by atoms with Crippen LogP contribution in [0.5, 0.6) is 0 Å². The number of halogens is 1. The van der Waals surface area contributed by atoms with Crippen molar-refractivity contribution in [1.29, 1.82) is 0 Å². The topological polar surface area (TPSA) is 40.6 Å². The van der Waals surface area contributed by atoms with Gasteiger partial charge in [-0.3, -0.25) is 0 Å². The molecule has 1 aliphatic heterocycles. The maximum absolute atomic E-state index is 12.3. The predicted molar refractivity (Wildman–Crippen MR) is 77.8 cm³/mol. The van der Waals surface area contributed by atoms with Gasteiger partial charge in [0.2, 0.25) is 10.0 Å². The average molecular weight is 303 g/mol. The van der Waals surface area contributed by atoms with Crippen molar-refractivity contribution in [2.24, 2.45) is 0 Å². The Labute approximate surface area is 120 Å². The van der Waals surface area contributed by atoms with Gasteiger partial charge in [-0.05, 0) is 24.2 Å². The van der Waals surface area contributed by atoms with Crippen LogP contribution in [-0.4, -0.2) is 50.3 Å². The number of hydrogen-bond donors (Lipinski definition) is 0. The lowest BCUT2D eigenvalue weighted by atomic mass is 10.2. The van der Waals surface area contributed by atoms with Crippen LogP contribution < -0.4 is 0 Å². The Morgan fingerprint density at radius 3 is 2.21 bits per heavy atom. The van der Waals surface area contributed by atoms with E-state index in [9.17, 15) is 8.42 Å². The molecule has 6 heteroatoms. The van der Waals surface area contributed by atoms with Gasteiger partial charge in [-0.2, -0.15) is 4.31 Å². The number of likely N-dealkylation sites (N-methyl/N-ethyl adjacent to an activating group) is 1. The summed E-state index contributed by atoms with van der Waals surface area (Å²) in [6.45, 7) is 5.88. The highest BCUT2D eigenvalue weighted by Crippen LogP contribution is 2.15. The van der Waals surface area contributed by atoms with Crippen molar-refractivity contribution in [3.05, 3.63) is 34.9 Å². The summed E-state index contributed by atoms with van der Waals surface area (Å²) >= 11 is 5.80. The molecule has 0 aromatic heterocycles. The lowest BCUT2D eigenvalue weighted by Crippen LogP contribution is -2.48. The van der Waals surface area contributed by atoms with E-state index in [4.69, 9.17) is 11.6 Å². The number of benzene rings is 1. The minimum Gasteiger partial charge on any atom is -0.301 e. The molecule has 2 rings (SSSR count). The van der Waals surface area contributed by atoms with E-state index in [1.807, 2.05) is 0 Å². The smallest absolute Gasteiger partial charge is 0.218 e. The molecule has 19 heavy (non-hydrogen) atoms. The first-order chi connectivity index (χ1) is 9.01. The fourth-order valence-corrected chi connectivity index (χ4v) is 3.85. The van der Waals surface area contributed by atoms with Crippen LogP contribution in [0.25, 0.3) is 0 Å². The molecule has 1 aliphatic rings. The Morgan fingerprint density at radius 2 is 1.68 bits per heavy atom. The predicted octanol–water partition coefficient (Wildman–Crippen LogP) is 1.81. The van der Waals surface area contributed by atoms with Crippen LogP contribution in [0.3, 0.4) is 0 Å². The van der Waals surface area contributed by atoms with E-state index in [0.717, 1.165) is 25.2 Å². The van der Waals surface area contributed by atoms with Crippen LogP contribution in [0.4, 0.5) is 0 Å². The molecule has 1 aromatic carbocycles. The third-order valence-electron chi connectivity index (χ3n) is 3.43. The lowest BCUT2D eigenvalue weighted by Gasteiger charge is -2.33. The Hall–Kier alpha value is -0.620. The Bertz CT molecular complexity index is 508. The fraction of sp³-hybridized carbons (Fsp3) is 0.538. The highest BCUT2D eigenvalue weighted by atomic mass is 35.5. The standard InChI is InChI=1S/C13H19ClN2O2S/c1-2-15-7-9-16(10-8-15)19(17,18)11-12-3-5-13(14)6-4-12/h3-6H,2,7-11H2,1H3. The molecule has 0 radical (unpaired) electrons. The maximum atomic E-state index is 12.3. The molecule has 1 heterocycles. The molecule has 0 saturated carbocycles. The second-order valence-corrected chi connectivity index (χ2v) is 7.12. The Morgan fingerprint density at radius 1 is 1.11 bits per heavy atom. The zero-order valence-electron chi connectivity index (χ0n) is 11.0. The van der Waals surface area contributed by atoms with Crippen molar-refractivity contribution in [3.8, 4) is 0 Å². The minimum absolute atomic E-state index is 0.0519. The van der Waals surface area contributed by atoms with Crippen molar-refractivity contribution in [1.82, 2.24) is 9.21 Å². The van der Waals surface area contributed by atoms with Gasteiger partial charge in [-0.15, -0.1) is 0 Å². The molecule has 1 saturated heterocycles. The molecule has 1 fully saturated rings. The Kier molecular flexibility index (Phi) is 4.84. The quantitative estimate of drug-likeness (QED) is 0.852. The van der Waals surface area contributed by atoms with Gasteiger partial charge in [0.05, 0.1) is 5.75 Å². The van der Waals surface area contributed by atoms with Crippen molar-refractivity contribution < 1.29 is 8.42 Å². The number of piperazine rings is 1. The second-order valence-electron chi connectivity index (χ2n) is 4.72. The summed E-state index contributed by atoms with van der Waals surface area (Å²) < 4.78 is 26.2. The maximum Gasteiger partial charge on any atom is 0.218 e. The van der Waals surface area contributed by atoms with Crippen molar-refractivity contribution in [2.45, 2.75) is 12.7 Å². The van der Waals surface area contributed by atoms with E-state index in [1.165, 1.54) is 0 Å². The monoisotopic (exact) mass is 302 g/mol. The van der Waals surface area contributed by atoms with Gasteiger partial charge >= 0.3 is 0 Å². The van der Waals surface area contributed by atoms with Gasteiger partial charge in [0.1, 0.15) is 0 Å². The zero-order valence-corrected chi connectivity index (χ0v) is 12.6. The summed E-state index contributed by atoms with van der Waals surface area (Å²) in [5, 5.41) is 0.623. The number of sulfonamides is 1. The first kappa shape index (κ1) is 14.8. The highest BCUT2D eigenvalue weighted by Gasteiger charge is 2.26. The van der Waals surface area contributed by atoms with Crippen LogP contribution in [-0.2, 0) is 15.8 Å². The van der Waals surface area contributed by atoms with Crippen LogP contribution in [0.2, 0.25) is 5.02 Å². The first-order valence-corrected chi connectivity index (χ1v) is 8.44. The molecule has 0 unspecified atom stereocenters. The van der Waals surface area contributed by atoms with Crippen molar-refractivity contribution in [3.63, 3.8) is 0 Å². The molecule has 0 amide bonds.